The second kappa shape index (κ2) is 6.44. The molecule has 74 valence electrons. The molecule has 12 heavy (non-hydrogen) atoms. The first-order valence-corrected chi connectivity index (χ1v) is 4.88. The lowest BCUT2D eigenvalue weighted by atomic mass is 9.86. The van der Waals surface area contributed by atoms with Gasteiger partial charge < -0.3 is 10.2 Å². The third-order valence-corrected chi connectivity index (χ3v) is 2.42. The van der Waals surface area contributed by atoms with E-state index in [1.54, 1.807) is 0 Å². The highest BCUT2D eigenvalue weighted by atomic mass is 16.3. The Hall–Kier alpha value is -0.0800. The molecular formula is C10H22O2. The van der Waals surface area contributed by atoms with Crippen LogP contribution in [-0.4, -0.2) is 22.9 Å². The highest BCUT2D eigenvalue weighted by Gasteiger charge is 2.17. The number of unbranched alkanes of at least 4 members (excludes halogenated alkanes) is 1. The molecule has 2 nitrogen and oxygen atoms in total. The van der Waals surface area contributed by atoms with Crippen LogP contribution in [0.2, 0.25) is 0 Å². The van der Waals surface area contributed by atoms with Gasteiger partial charge in [-0.25, -0.2) is 0 Å². The van der Waals surface area contributed by atoms with Crippen molar-refractivity contribution < 1.29 is 10.2 Å². The molecule has 0 bridgehead atoms. The van der Waals surface area contributed by atoms with Crippen molar-refractivity contribution in [3.05, 3.63) is 0 Å². The Kier molecular flexibility index (Phi) is 6.39. The summed E-state index contributed by atoms with van der Waals surface area (Å²) in [6, 6.07) is 0. The number of aliphatic hydroxyl groups is 2. The smallest absolute Gasteiger partial charge is 0.0542 e. The molecule has 0 fully saturated rings. The molecule has 0 aliphatic rings. The molecule has 0 aliphatic heterocycles. The monoisotopic (exact) mass is 174 g/mol. The van der Waals surface area contributed by atoms with Gasteiger partial charge in [0.1, 0.15) is 0 Å². The van der Waals surface area contributed by atoms with Gasteiger partial charge in [0.25, 0.3) is 0 Å². The van der Waals surface area contributed by atoms with Crippen LogP contribution in [0.3, 0.4) is 0 Å². The number of rotatable bonds is 6. The Morgan fingerprint density at radius 3 is 2.00 bits per heavy atom. The standard InChI is InChI=1S/C10H22O2/c1-8(2)10(9(3)12)6-4-5-7-11/h8-12H,4-7H2,1-3H3. The summed E-state index contributed by atoms with van der Waals surface area (Å²) < 4.78 is 0. The second-order valence-corrected chi connectivity index (χ2v) is 3.87. The zero-order valence-electron chi connectivity index (χ0n) is 8.45. The van der Waals surface area contributed by atoms with Crippen LogP contribution < -0.4 is 0 Å². The van der Waals surface area contributed by atoms with Gasteiger partial charge in [0.05, 0.1) is 6.10 Å². The van der Waals surface area contributed by atoms with E-state index in [4.69, 9.17) is 5.11 Å². The van der Waals surface area contributed by atoms with Crippen LogP contribution in [-0.2, 0) is 0 Å². The normalized spacial score (nSPS) is 16.5. The van der Waals surface area contributed by atoms with E-state index in [1.807, 2.05) is 6.92 Å². The predicted molar refractivity (Wildman–Crippen MR) is 50.9 cm³/mol. The van der Waals surface area contributed by atoms with Crippen LogP contribution in [0.4, 0.5) is 0 Å². The molecule has 2 N–H and O–H groups in total. The lowest BCUT2D eigenvalue weighted by molar-refractivity contribution is 0.0889. The Balaban J connectivity index is 3.64. The van der Waals surface area contributed by atoms with E-state index in [9.17, 15) is 5.11 Å². The zero-order chi connectivity index (χ0) is 9.56. The van der Waals surface area contributed by atoms with Crippen LogP contribution in [0.1, 0.15) is 40.0 Å². The molecule has 0 aromatic heterocycles. The molecule has 0 heterocycles. The van der Waals surface area contributed by atoms with Gasteiger partial charge in [-0.1, -0.05) is 20.3 Å². The van der Waals surface area contributed by atoms with E-state index in [2.05, 4.69) is 13.8 Å². The molecule has 0 aromatic rings. The van der Waals surface area contributed by atoms with Crippen LogP contribution in [0, 0.1) is 11.8 Å². The minimum absolute atomic E-state index is 0.219. The highest BCUT2D eigenvalue weighted by molar-refractivity contribution is 4.68. The fraction of sp³-hybridized carbons (Fsp3) is 1.00. The second-order valence-electron chi connectivity index (χ2n) is 3.87. The number of hydrogen-bond acceptors (Lipinski definition) is 2. The average molecular weight is 174 g/mol. The quantitative estimate of drug-likeness (QED) is 0.603. The Labute approximate surface area is 75.6 Å². The van der Waals surface area contributed by atoms with Gasteiger partial charge in [-0.15, -0.1) is 0 Å². The maximum Gasteiger partial charge on any atom is 0.0542 e. The molecular weight excluding hydrogens is 152 g/mol. The van der Waals surface area contributed by atoms with Crippen LogP contribution in [0.5, 0.6) is 0 Å². The van der Waals surface area contributed by atoms with E-state index < -0.39 is 0 Å². The van der Waals surface area contributed by atoms with E-state index in [0.29, 0.717) is 11.8 Å². The summed E-state index contributed by atoms with van der Waals surface area (Å²) in [5, 5.41) is 18.0. The number of hydrogen-bond donors (Lipinski definition) is 2. The van der Waals surface area contributed by atoms with E-state index >= 15 is 0 Å². The molecule has 0 radical (unpaired) electrons. The van der Waals surface area contributed by atoms with Crippen molar-refractivity contribution in [1.82, 2.24) is 0 Å². The third-order valence-electron chi connectivity index (χ3n) is 2.42. The van der Waals surface area contributed by atoms with Crippen molar-refractivity contribution in [2.45, 2.75) is 46.1 Å². The average Bonchev–Trinajstić information content (AvgIpc) is 1.96. The fourth-order valence-corrected chi connectivity index (χ4v) is 1.62. The Morgan fingerprint density at radius 2 is 1.67 bits per heavy atom. The van der Waals surface area contributed by atoms with Crippen LogP contribution in [0.25, 0.3) is 0 Å². The molecule has 0 spiro atoms. The minimum Gasteiger partial charge on any atom is -0.396 e. The lowest BCUT2D eigenvalue weighted by Crippen LogP contribution is -2.22. The highest BCUT2D eigenvalue weighted by Crippen LogP contribution is 2.21. The summed E-state index contributed by atoms with van der Waals surface area (Å²) in [5.74, 6) is 0.917. The molecule has 0 aliphatic carbocycles. The maximum absolute atomic E-state index is 9.42. The van der Waals surface area contributed by atoms with E-state index in [0.717, 1.165) is 19.3 Å². The largest absolute Gasteiger partial charge is 0.396 e. The molecule has 0 saturated heterocycles. The number of aliphatic hydroxyl groups excluding tert-OH is 2. The summed E-state index contributed by atoms with van der Waals surface area (Å²) in [5.41, 5.74) is 0. The van der Waals surface area contributed by atoms with Gasteiger partial charge in [0.2, 0.25) is 0 Å². The van der Waals surface area contributed by atoms with Crippen molar-refractivity contribution in [2.24, 2.45) is 11.8 Å². The summed E-state index contributed by atoms with van der Waals surface area (Å²) in [7, 11) is 0. The van der Waals surface area contributed by atoms with Gasteiger partial charge in [-0.05, 0) is 31.6 Å². The van der Waals surface area contributed by atoms with E-state index in [1.165, 1.54) is 0 Å². The summed E-state index contributed by atoms with van der Waals surface area (Å²) in [6.07, 6.45) is 2.68. The summed E-state index contributed by atoms with van der Waals surface area (Å²) >= 11 is 0. The first-order chi connectivity index (χ1) is 5.59. The molecule has 0 rings (SSSR count). The molecule has 0 aromatic carbocycles. The summed E-state index contributed by atoms with van der Waals surface area (Å²) in [4.78, 5) is 0. The van der Waals surface area contributed by atoms with Gasteiger partial charge in [0, 0.05) is 6.61 Å². The molecule has 2 atom stereocenters. The third kappa shape index (κ3) is 4.73. The first-order valence-electron chi connectivity index (χ1n) is 4.88. The van der Waals surface area contributed by atoms with Crippen molar-refractivity contribution in [1.29, 1.82) is 0 Å². The van der Waals surface area contributed by atoms with Gasteiger partial charge >= 0.3 is 0 Å². The van der Waals surface area contributed by atoms with Crippen molar-refractivity contribution in [2.75, 3.05) is 6.61 Å². The predicted octanol–water partition coefficient (Wildman–Crippen LogP) is 1.80. The minimum atomic E-state index is -0.219. The Bertz CT molecular complexity index is 92.0. The topological polar surface area (TPSA) is 40.5 Å². The van der Waals surface area contributed by atoms with E-state index in [-0.39, 0.29) is 12.7 Å². The first kappa shape index (κ1) is 11.9. The van der Waals surface area contributed by atoms with Crippen molar-refractivity contribution >= 4 is 0 Å². The summed E-state index contributed by atoms with van der Waals surface area (Å²) in [6.45, 7) is 6.39. The van der Waals surface area contributed by atoms with Gasteiger partial charge in [-0.3, -0.25) is 0 Å². The Morgan fingerprint density at radius 1 is 1.08 bits per heavy atom. The maximum atomic E-state index is 9.42. The van der Waals surface area contributed by atoms with Crippen molar-refractivity contribution in [3.63, 3.8) is 0 Å². The van der Waals surface area contributed by atoms with Gasteiger partial charge in [0.15, 0.2) is 0 Å². The van der Waals surface area contributed by atoms with Crippen LogP contribution >= 0.6 is 0 Å². The molecule has 0 saturated carbocycles. The zero-order valence-corrected chi connectivity index (χ0v) is 8.45. The molecule has 2 unspecified atom stereocenters. The lowest BCUT2D eigenvalue weighted by Gasteiger charge is -2.23. The molecule has 2 heteroatoms. The molecule has 0 amide bonds. The SMILES string of the molecule is CC(C)C(CCCCO)C(C)O. The van der Waals surface area contributed by atoms with Gasteiger partial charge in [-0.2, -0.15) is 0 Å². The van der Waals surface area contributed by atoms with Crippen LogP contribution in [0.15, 0.2) is 0 Å². The fourth-order valence-electron chi connectivity index (χ4n) is 1.62. The van der Waals surface area contributed by atoms with Crippen molar-refractivity contribution in [3.8, 4) is 0 Å².